The Bertz CT molecular complexity index is 412. The highest BCUT2D eigenvalue weighted by Crippen LogP contribution is 2.35. The summed E-state index contributed by atoms with van der Waals surface area (Å²) in [5.74, 6) is -1.78. The molecule has 2 N–H and O–H groups in total. The van der Waals surface area contributed by atoms with Crippen LogP contribution in [0, 0.1) is 5.82 Å². The van der Waals surface area contributed by atoms with Crippen LogP contribution in [0.1, 0.15) is 17.2 Å². The van der Waals surface area contributed by atoms with Crippen LogP contribution in [0.2, 0.25) is 0 Å². The number of halogens is 8. The third-order valence-corrected chi connectivity index (χ3v) is 2.01. The predicted molar refractivity (Wildman–Crippen MR) is 51.6 cm³/mol. The van der Waals surface area contributed by atoms with Crippen LogP contribution in [0.15, 0.2) is 18.2 Å². The Hall–Kier alpha value is -1.02. The highest BCUT2D eigenvalue weighted by molar-refractivity contribution is 5.85. The van der Waals surface area contributed by atoms with Crippen molar-refractivity contribution in [3.8, 4) is 0 Å². The topological polar surface area (TPSA) is 26.0 Å². The Morgan fingerprint density at radius 2 is 1.50 bits per heavy atom. The molecule has 1 unspecified atom stereocenters. The first-order valence-electron chi connectivity index (χ1n) is 4.22. The maximum absolute atomic E-state index is 13.0. The van der Waals surface area contributed by atoms with Crippen molar-refractivity contribution in [1.29, 1.82) is 0 Å². The van der Waals surface area contributed by atoms with Gasteiger partial charge in [0.05, 0.1) is 5.56 Å². The minimum absolute atomic E-state index is 0. The molecule has 0 saturated heterocycles. The first-order chi connectivity index (χ1) is 7.53. The van der Waals surface area contributed by atoms with Gasteiger partial charge in [-0.1, -0.05) is 6.07 Å². The van der Waals surface area contributed by atoms with Crippen molar-refractivity contribution in [2.75, 3.05) is 0 Å². The summed E-state index contributed by atoms with van der Waals surface area (Å²) in [6.07, 6.45) is -9.79. The second-order valence-corrected chi connectivity index (χ2v) is 3.26. The highest BCUT2D eigenvalue weighted by atomic mass is 35.5. The van der Waals surface area contributed by atoms with Crippen LogP contribution in [-0.4, -0.2) is 6.18 Å². The Labute approximate surface area is 103 Å². The molecule has 104 valence electrons. The lowest BCUT2D eigenvalue weighted by atomic mass is 10.0. The fourth-order valence-electron chi connectivity index (χ4n) is 1.14. The molecule has 1 aromatic rings. The number of nitrogens with two attached hydrogens (primary N) is 1. The molecule has 0 fully saturated rings. The number of hydrogen-bond donors (Lipinski definition) is 1. The molecule has 0 aliphatic heterocycles. The van der Waals surface area contributed by atoms with Crippen molar-refractivity contribution >= 4 is 12.4 Å². The molecule has 1 atom stereocenters. The maximum Gasteiger partial charge on any atom is 0.419 e. The van der Waals surface area contributed by atoms with Crippen molar-refractivity contribution in [2.24, 2.45) is 5.73 Å². The van der Waals surface area contributed by atoms with Gasteiger partial charge in [-0.05, 0) is 17.7 Å². The van der Waals surface area contributed by atoms with E-state index in [0.717, 1.165) is 0 Å². The Morgan fingerprint density at radius 3 is 1.83 bits per heavy atom. The van der Waals surface area contributed by atoms with Gasteiger partial charge in [0.2, 0.25) is 0 Å². The van der Waals surface area contributed by atoms with E-state index in [-0.39, 0.29) is 24.5 Å². The molecule has 0 aliphatic carbocycles. The molecular weight excluding hydrogens is 291 g/mol. The zero-order valence-electron chi connectivity index (χ0n) is 8.44. The average molecular weight is 298 g/mol. The van der Waals surface area contributed by atoms with Crippen molar-refractivity contribution < 1.29 is 30.7 Å². The summed E-state index contributed by atoms with van der Waals surface area (Å²) in [6.45, 7) is 0. The SMILES string of the molecule is Cl.NC(c1ccc(C(F)(F)F)c(F)c1)C(F)(F)F. The first-order valence-corrected chi connectivity index (χ1v) is 4.22. The van der Waals surface area contributed by atoms with Crippen molar-refractivity contribution in [3.05, 3.63) is 35.1 Å². The molecule has 0 radical (unpaired) electrons. The standard InChI is InChI=1S/C9H6F7N.ClH/c10-6-3-4(7(17)9(14,15)16)1-2-5(6)8(11,12)13;/h1-3,7H,17H2;1H. The predicted octanol–water partition coefficient (Wildman–Crippen LogP) is 3.83. The molecule has 1 nitrogen and oxygen atoms in total. The summed E-state index contributed by atoms with van der Waals surface area (Å²) < 4.78 is 85.7. The summed E-state index contributed by atoms with van der Waals surface area (Å²) in [7, 11) is 0. The summed E-state index contributed by atoms with van der Waals surface area (Å²) in [6, 6.07) is -1.64. The van der Waals surface area contributed by atoms with Crippen LogP contribution < -0.4 is 5.73 Å². The molecule has 0 amide bonds. The van der Waals surface area contributed by atoms with Gasteiger partial charge in [-0.25, -0.2) is 4.39 Å². The van der Waals surface area contributed by atoms with Crippen LogP contribution in [0.25, 0.3) is 0 Å². The van der Waals surface area contributed by atoms with Gasteiger partial charge >= 0.3 is 12.4 Å². The monoisotopic (exact) mass is 297 g/mol. The number of alkyl halides is 6. The first kappa shape index (κ1) is 17.0. The van der Waals surface area contributed by atoms with Crippen LogP contribution in [0.5, 0.6) is 0 Å². The summed E-state index contributed by atoms with van der Waals surface area (Å²) in [4.78, 5) is 0. The third-order valence-electron chi connectivity index (χ3n) is 2.01. The molecule has 0 bridgehead atoms. The smallest absolute Gasteiger partial charge is 0.316 e. The van der Waals surface area contributed by atoms with E-state index in [1.54, 1.807) is 0 Å². The normalized spacial score (nSPS) is 14.0. The van der Waals surface area contributed by atoms with E-state index in [4.69, 9.17) is 5.73 Å². The molecular formula is C9H7ClF7N. The van der Waals surface area contributed by atoms with E-state index in [0.29, 0.717) is 6.07 Å². The Kier molecular flexibility index (Phi) is 5.01. The fourth-order valence-corrected chi connectivity index (χ4v) is 1.14. The Morgan fingerprint density at radius 1 is 1.00 bits per heavy atom. The van der Waals surface area contributed by atoms with E-state index in [2.05, 4.69) is 0 Å². The number of hydrogen-bond acceptors (Lipinski definition) is 1. The second kappa shape index (κ2) is 5.31. The lowest BCUT2D eigenvalue weighted by molar-refractivity contribution is -0.149. The van der Waals surface area contributed by atoms with E-state index >= 15 is 0 Å². The quantitative estimate of drug-likeness (QED) is 0.783. The van der Waals surface area contributed by atoms with Gasteiger partial charge in [0.25, 0.3) is 0 Å². The summed E-state index contributed by atoms with van der Waals surface area (Å²) in [5.41, 5.74) is 2.34. The summed E-state index contributed by atoms with van der Waals surface area (Å²) in [5, 5.41) is 0. The fraction of sp³-hybridized carbons (Fsp3) is 0.333. The highest BCUT2D eigenvalue weighted by Gasteiger charge is 2.39. The minimum Gasteiger partial charge on any atom is -0.316 e. The molecule has 0 saturated carbocycles. The molecule has 9 heteroatoms. The lowest BCUT2D eigenvalue weighted by Crippen LogP contribution is -2.28. The molecule has 0 heterocycles. The number of benzene rings is 1. The molecule has 18 heavy (non-hydrogen) atoms. The van der Waals surface area contributed by atoms with Crippen LogP contribution in [-0.2, 0) is 6.18 Å². The lowest BCUT2D eigenvalue weighted by Gasteiger charge is -2.17. The van der Waals surface area contributed by atoms with E-state index < -0.39 is 35.3 Å². The van der Waals surface area contributed by atoms with Crippen molar-refractivity contribution in [1.82, 2.24) is 0 Å². The molecule has 1 aromatic carbocycles. The minimum atomic E-state index is -4.95. The average Bonchev–Trinajstić information content (AvgIpc) is 2.12. The van der Waals surface area contributed by atoms with E-state index in [1.165, 1.54) is 0 Å². The van der Waals surface area contributed by atoms with Crippen LogP contribution in [0.4, 0.5) is 30.7 Å². The van der Waals surface area contributed by atoms with Gasteiger partial charge in [0, 0.05) is 0 Å². The van der Waals surface area contributed by atoms with Crippen molar-refractivity contribution in [2.45, 2.75) is 18.4 Å². The molecule has 1 rings (SSSR count). The molecule has 0 spiro atoms. The van der Waals surface area contributed by atoms with E-state index in [9.17, 15) is 30.7 Å². The van der Waals surface area contributed by atoms with Crippen LogP contribution >= 0.6 is 12.4 Å². The summed E-state index contributed by atoms with van der Waals surface area (Å²) >= 11 is 0. The zero-order chi connectivity index (χ0) is 13.4. The Balaban J connectivity index is 0.00000289. The zero-order valence-corrected chi connectivity index (χ0v) is 9.26. The molecule has 0 aromatic heterocycles. The third kappa shape index (κ3) is 3.74. The second-order valence-electron chi connectivity index (χ2n) is 3.26. The van der Waals surface area contributed by atoms with Gasteiger partial charge < -0.3 is 5.73 Å². The van der Waals surface area contributed by atoms with E-state index in [1.807, 2.05) is 0 Å². The van der Waals surface area contributed by atoms with Crippen molar-refractivity contribution in [3.63, 3.8) is 0 Å². The maximum atomic E-state index is 13.0. The van der Waals surface area contributed by atoms with Gasteiger partial charge in [-0.2, -0.15) is 26.3 Å². The largest absolute Gasteiger partial charge is 0.419 e. The van der Waals surface area contributed by atoms with Crippen LogP contribution in [0.3, 0.4) is 0 Å². The van der Waals surface area contributed by atoms with Gasteiger partial charge in [0.1, 0.15) is 11.9 Å². The van der Waals surface area contributed by atoms with Gasteiger partial charge in [-0.3, -0.25) is 0 Å². The van der Waals surface area contributed by atoms with Gasteiger partial charge in [0.15, 0.2) is 0 Å². The van der Waals surface area contributed by atoms with Gasteiger partial charge in [-0.15, -0.1) is 12.4 Å². The molecule has 0 aliphatic rings. The number of rotatable bonds is 1.